The number of carbonyl (C=O) groups excluding carboxylic acids is 1. The summed E-state index contributed by atoms with van der Waals surface area (Å²) in [5, 5.41) is 11.7. The van der Waals surface area contributed by atoms with Gasteiger partial charge in [-0.2, -0.15) is 0 Å². The summed E-state index contributed by atoms with van der Waals surface area (Å²) in [7, 11) is 3.08. The fourth-order valence-electron chi connectivity index (χ4n) is 3.82. The Morgan fingerprint density at radius 3 is 2.17 bits per heavy atom. The number of para-hydroxylation sites is 2. The summed E-state index contributed by atoms with van der Waals surface area (Å²) in [6.45, 7) is 0. The zero-order valence-corrected chi connectivity index (χ0v) is 15.9. The highest BCUT2D eigenvalue weighted by atomic mass is 16.6. The van der Waals surface area contributed by atoms with Crippen LogP contribution in [0.2, 0.25) is 0 Å². The van der Waals surface area contributed by atoms with Gasteiger partial charge in [-0.1, -0.05) is 36.4 Å². The van der Waals surface area contributed by atoms with Crippen LogP contribution in [0.15, 0.2) is 66.7 Å². The van der Waals surface area contributed by atoms with Crippen molar-refractivity contribution in [3.8, 4) is 11.5 Å². The van der Waals surface area contributed by atoms with Crippen molar-refractivity contribution in [3.05, 3.63) is 93.5 Å². The number of nitro benzene ring substituents is 1. The Kier molecular flexibility index (Phi) is 4.64. The second-order valence-corrected chi connectivity index (χ2v) is 6.49. The van der Waals surface area contributed by atoms with Crippen LogP contribution in [0.5, 0.6) is 11.5 Å². The number of carbonyl (C=O) groups is 1. The Morgan fingerprint density at radius 1 is 0.897 bits per heavy atom. The molecule has 0 radical (unpaired) electrons. The maximum Gasteiger partial charge on any atom is 0.292 e. The van der Waals surface area contributed by atoms with Gasteiger partial charge in [-0.15, -0.1) is 0 Å². The number of nitro groups is 1. The maximum absolute atomic E-state index is 13.4. The molecule has 146 valence electrons. The molecule has 0 bridgehead atoms. The van der Waals surface area contributed by atoms with E-state index < -0.39 is 11.0 Å². The molecule has 0 fully saturated rings. The van der Waals surface area contributed by atoms with Gasteiger partial charge in [-0.05, 0) is 29.8 Å². The highest BCUT2D eigenvalue weighted by Gasteiger charge is 2.43. The molecule has 0 unspecified atom stereocenters. The molecule has 0 saturated heterocycles. The average molecular weight is 390 g/mol. The van der Waals surface area contributed by atoms with E-state index in [9.17, 15) is 14.9 Å². The van der Waals surface area contributed by atoms with Crippen molar-refractivity contribution in [3.63, 3.8) is 0 Å². The van der Waals surface area contributed by atoms with Gasteiger partial charge in [0.2, 0.25) is 0 Å². The Hall–Kier alpha value is -3.87. The molecular formula is C22H18N2O5. The van der Waals surface area contributed by atoms with Crippen molar-refractivity contribution in [2.75, 3.05) is 19.1 Å². The lowest BCUT2D eigenvalue weighted by Crippen LogP contribution is -2.29. The van der Waals surface area contributed by atoms with E-state index in [1.165, 1.54) is 25.2 Å². The molecule has 1 aliphatic rings. The van der Waals surface area contributed by atoms with Gasteiger partial charge in [0.1, 0.15) is 17.2 Å². The molecule has 1 atom stereocenters. The van der Waals surface area contributed by atoms with Crippen molar-refractivity contribution in [2.45, 2.75) is 6.04 Å². The van der Waals surface area contributed by atoms with Crippen molar-refractivity contribution in [1.82, 2.24) is 0 Å². The molecule has 7 nitrogen and oxygen atoms in total. The monoisotopic (exact) mass is 390 g/mol. The van der Waals surface area contributed by atoms with E-state index in [1.807, 2.05) is 12.1 Å². The van der Waals surface area contributed by atoms with Gasteiger partial charge in [-0.25, -0.2) is 0 Å². The smallest absolute Gasteiger partial charge is 0.292 e. The average Bonchev–Trinajstić information content (AvgIpc) is 3.05. The van der Waals surface area contributed by atoms with Gasteiger partial charge >= 0.3 is 0 Å². The normalized spacial score (nSPS) is 15.2. The zero-order chi connectivity index (χ0) is 20.5. The van der Waals surface area contributed by atoms with E-state index in [-0.39, 0.29) is 17.3 Å². The van der Waals surface area contributed by atoms with Crippen LogP contribution in [0.4, 0.5) is 11.4 Å². The van der Waals surface area contributed by atoms with Crippen molar-refractivity contribution >= 4 is 17.3 Å². The first-order chi connectivity index (χ1) is 14.1. The number of amides is 1. The van der Waals surface area contributed by atoms with Crippen LogP contribution < -0.4 is 14.4 Å². The highest BCUT2D eigenvalue weighted by molar-refractivity contribution is 6.12. The number of methoxy groups -OCH3 is 2. The third-order valence-electron chi connectivity index (χ3n) is 5.04. The molecule has 0 N–H and O–H groups in total. The van der Waals surface area contributed by atoms with Crippen molar-refractivity contribution in [1.29, 1.82) is 0 Å². The molecule has 3 aromatic carbocycles. The zero-order valence-electron chi connectivity index (χ0n) is 15.9. The van der Waals surface area contributed by atoms with E-state index in [0.717, 1.165) is 5.56 Å². The molecule has 7 heteroatoms. The van der Waals surface area contributed by atoms with Crippen molar-refractivity contribution in [2.24, 2.45) is 0 Å². The topological polar surface area (TPSA) is 81.9 Å². The summed E-state index contributed by atoms with van der Waals surface area (Å²) < 4.78 is 11.1. The predicted octanol–water partition coefficient (Wildman–Crippen LogP) is 4.36. The second-order valence-electron chi connectivity index (χ2n) is 6.49. The third kappa shape index (κ3) is 2.87. The second kappa shape index (κ2) is 7.27. The van der Waals surface area contributed by atoms with Crippen LogP contribution in [0.3, 0.4) is 0 Å². The number of hydrogen-bond acceptors (Lipinski definition) is 5. The molecule has 4 rings (SSSR count). The summed E-state index contributed by atoms with van der Waals surface area (Å²) in [6, 6.07) is 18.1. The lowest BCUT2D eigenvalue weighted by molar-refractivity contribution is -0.384. The summed E-state index contributed by atoms with van der Waals surface area (Å²) in [6.07, 6.45) is 0. The third-order valence-corrected chi connectivity index (χ3v) is 5.04. The molecule has 0 spiro atoms. The number of anilines is 1. The van der Waals surface area contributed by atoms with E-state index in [0.29, 0.717) is 22.6 Å². The van der Waals surface area contributed by atoms with Gasteiger partial charge in [-0.3, -0.25) is 19.8 Å². The minimum Gasteiger partial charge on any atom is -0.496 e. The van der Waals surface area contributed by atoms with Gasteiger partial charge in [0.15, 0.2) is 0 Å². The van der Waals surface area contributed by atoms with E-state index >= 15 is 0 Å². The first-order valence-electron chi connectivity index (χ1n) is 8.95. The van der Waals surface area contributed by atoms with E-state index in [1.54, 1.807) is 48.5 Å². The lowest BCUT2D eigenvalue weighted by atomic mass is 9.96. The molecule has 1 amide bonds. The first kappa shape index (κ1) is 18.5. The van der Waals surface area contributed by atoms with Crippen LogP contribution in [0.25, 0.3) is 0 Å². The fraction of sp³-hybridized carbons (Fsp3) is 0.136. The Balaban J connectivity index is 2.03. The van der Waals surface area contributed by atoms with Crippen LogP contribution in [0, 0.1) is 10.1 Å². The number of benzene rings is 3. The summed E-state index contributed by atoms with van der Waals surface area (Å²) in [5.74, 6) is 0.748. The highest BCUT2D eigenvalue weighted by Crippen LogP contribution is 2.49. The minimum atomic E-state index is -0.633. The predicted molar refractivity (Wildman–Crippen MR) is 108 cm³/mol. The summed E-state index contributed by atoms with van der Waals surface area (Å²) >= 11 is 0. The maximum atomic E-state index is 13.4. The van der Waals surface area contributed by atoms with E-state index in [2.05, 4.69) is 0 Å². The summed E-state index contributed by atoms with van der Waals surface area (Å²) in [4.78, 5) is 26.0. The number of hydrogen-bond donors (Lipinski definition) is 0. The van der Waals surface area contributed by atoms with E-state index in [4.69, 9.17) is 9.47 Å². The van der Waals surface area contributed by atoms with Crippen LogP contribution in [-0.4, -0.2) is 25.1 Å². The Labute approximate surface area is 167 Å². The standard InChI is InChI=1S/C22H18N2O5/c1-28-18-12-7-13-19(29-2)20(18)21-14-8-3-4-9-15(14)22(25)23(21)16-10-5-6-11-17(16)24(26)27/h3-13,21H,1-2H3/t21-/m1/s1. The molecule has 1 aliphatic heterocycles. The molecule has 1 heterocycles. The molecule has 3 aromatic rings. The van der Waals surface area contributed by atoms with Gasteiger partial charge in [0.05, 0.1) is 30.7 Å². The summed E-state index contributed by atoms with van der Waals surface area (Å²) in [5.41, 5.74) is 1.93. The SMILES string of the molecule is COc1cccc(OC)c1[C@H]1c2ccccc2C(=O)N1c1ccccc1[N+](=O)[O-]. The molecule has 0 aromatic heterocycles. The van der Waals surface area contributed by atoms with Crippen LogP contribution >= 0.6 is 0 Å². The van der Waals surface area contributed by atoms with Crippen molar-refractivity contribution < 1.29 is 19.2 Å². The molecular weight excluding hydrogens is 372 g/mol. The van der Waals surface area contributed by atoms with Crippen LogP contribution in [0.1, 0.15) is 27.5 Å². The number of fused-ring (bicyclic) bond motifs is 1. The largest absolute Gasteiger partial charge is 0.496 e. The lowest BCUT2D eigenvalue weighted by Gasteiger charge is -2.28. The first-order valence-corrected chi connectivity index (χ1v) is 8.95. The van der Waals surface area contributed by atoms with Gasteiger partial charge in [0, 0.05) is 11.6 Å². The fourth-order valence-corrected chi connectivity index (χ4v) is 3.82. The van der Waals surface area contributed by atoms with Gasteiger partial charge in [0.25, 0.3) is 11.6 Å². The number of nitrogens with zero attached hydrogens (tertiary/aromatic N) is 2. The molecule has 29 heavy (non-hydrogen) atoms. The minimum absolute atomic E-state index is 0.146. The van der Waals surface area contributed by atoms with Gasteiger partial charge < -0.3 is 9.47 Å². The number of rotatable bonds is 5. The Bertz CT molecular complexity index is 1090. The number of ether oxygens (including phenoxy) is 2. The van der Waals surface area contributed by atoms with Crippen LogP contribution in [-0.2, 0) is 0 Å². The Morgan fingerprint density at radius 2 is 1.52 bits per heavy atom. The quantitative estimate of drug-likeness (QED) is 0.477. The molecule has 0 aliphatic carbocycles. The molecule has 0 saturated carbocycles.